The van der Waals surface area contributed by atoms with E-state index in [0.29, 0.717) is 45.7 Å². The van der Waals surface area contributed by atoms with Gasteiger partial charge < -0.3 is 11.1 Å². The normalized spacial score (nSPS) is 13.6. The van der Waals surface area contributed by atoms with Crippen LogP contribution in [0.1, 0.15) is 42.3 Å². The van der Waals surface area contributed by atoms with E-state index in [1.165, 1.54) is 11.3 Å². The first-order valence-electron chi connectivity index (χ1n) is 9.81. The summed E-state index contributed by atoms with van der Waals surface area (Å²) in [7, 11) is 0. The van der Waals surface area contributed by atoms with Crippen LogP contribution in [0, 0.1) is 6.92 Å². The van der Waals surface area contributed by atoms with E-state index in [-0.39, 0.29) is 5.91 Å². The number of fused-ring (bicyclic) bond motifs is 1. The average Bonchev–Trinajstić information content (AvgIpc) is 3.08. The molecule has 2 aromatic carbocycles. The first-order valence-corrected chi connectivity index (χ1v) is 11.4. The molecule has 0 atom stereocenters. The van der Waals surface area contributed by atoms with Crippen molar-refractivity contribution < 1.29 is 9.59 Å². The number of primary amides is 1. The number of amides is 2. The van der Waals surface area contributed by atoms with Crippen LogP contribution in [0.15, 0.2) is 42.5 Å². The number of hydrogen-bond acceptors (Lipinski definition) is 4. The zero-order valence-corrected chi connectivity index (χ0v) is 19.2. The molecule has 31 heavy (non-hydrogen) atoms. The first-order chi connectivity index (χ1) is 14.8. The molecular formula is C23H21Cl2N3O2S. The van der Waals surface area contributed by atoms with Gasteiger partial charge in [-0.05, 0) is 43.2 Å². The van der Waals surface area contributed by atoms with Gasteiger partial charge in [0, 0.05) is 45.7 Å². The van der Waals surface area contributed by atoms with Crippen LogP contribution < -0.4 is 11.1 Å². The summed E-state index contributed by atoms with van der Waals surface area (Å²) in [6, 6.07) is 12.8. The third kappa shape index (κ3) is 4.62. The molecule has 0 saturated heterocycles. The van der Waals surface area contributed by atoms with Crippen LogP contribution in [-0.4, -0.2) is 23.3 Å². The van der Waals surface area contributed by atoms with E-state index < -0.39 is 5.91 Å². The molecule has 0 fully saturated rings. The van der Waals surface area contributed by atoms with Crippen molar-refractivity contribution in [2.75, 3.05) is 11.9 Å². The molecule has 1 aromatic heterocycles. The topological polar surface area (TPSA) is 75.4 Å². The molecule has 0 unspecified atom stereocenters. The van der Waals surface area contributed by atoms with E-state index in [1.54, 1.807) is 12.1 Å². The van der Waals surface area contributed by atoms with Crippen molar-refractivity contribution in [2.24, 2.45) is 5.73 Å². The fourth-order valence-electron chi connectivity index (χ4n) is 3.73. The van der Waals surface area contributed by atoms with Crippen LogP contribution in [0.25, 0.3) is 0 Å². The number of nitrogens with one attached hydrogen (secondary N) is 1. The molecule has 1 aliphatic rings. The zero-order valence-electron chi connectivity index (χ0n) is 16.9. The Morgan fingerprint density at radius 2 is 1.81 bits per heavy atom. The summed E-state index contributed by atoms with van der Waals surface area (Å²) >= 11 is 14.1. The number of carbonyl (C=O) groups excluding carboxylic acids is 2. The largest absolute Gasteiger partial charge is 0.365 e. The second-order valence-corrected chi connectivity index (χ2v) is 9.47. The number of benzene rings is 2. The molecule has 0 bridgehead atoms. The molecule has 160 valence electrons. The number of hydrogen-bond donors (Lipinski definition) is 2. The minimum atomic E-state index is -0.528. The van der Waals surface area contributed by atoms with E-state index in [1.807, 2.05) is 37.3 Å². The van der Waals surface area contributed by atoms with Gasteiger partial charge in [0.05, 0.1) is 5.56 Å². The summed E-state index contributed by atoms with van der Waals surface area (Å²) < 4.78 is 0. The molecule has 5 nitrogen and oxygen atoms in total. The third-order valence-electron chi connectivity index (χ3n) is 5.37. The Hall–Kier alpha value is -2.38. The summed E-state index contributed by atoms with van der Waals surface area (Å²) in [6.45, 7) is 3.92. The molecule has 2 amide bonds. The molecule has 3 aromatic rings. The van der Waals surface area contributed by atoms with Crippen LogP contribution in [0.3, 0.4) is 0 Å². The number of rotatable bonds is 5. The Morgan fingerprint density at radius 1 is 1.13 bits per heavy atom. The highest BCUT2D eigenvalue weighted by Gasteiger charge is 2.28. The smallest absolute Gasteiger partial charge is 0.256 e. The second-order valence-electron chi connectivity index (χ2n) is 7.55. The van der Waals surface area contributed by atoms with Crippen molar-refractivity contribution in [3.05, 3.63) is 85.2 Å². The fraction of sp³-hybridized carbons (Fsp3) is 0.217. The SMILES string of the molecule is Cc1ccc(C(=O)Nc2sc3c(c2C(N)=O)CCN(Cc2c(Cl)cccc2Cl)C3)cc1. The van der Waals surface area contributed by atoms with Crippen LogP contribution in [0.2, 0.25) is 10.0 Å². The molecule has 1 aliphatic heterocycles. The van der Waals surface area contributed by atoms with E-state index in [9.17, 15) is 9.59 Å². The van der Waals surface area contributed by atoms with Crippen molar-refractivity contribution in [1.29, 1.82) is 0 Å². The fourth-order valence-corrected chi connectivity index (χ4v) is 5.53. The lowest BCUT2D eigenvalue weighted by atomic mass is 10.0. The highest BCUT2D eigenvalue weighted by Crippen LogP contribution is 2.38. The molecule has 0 saturated carbocycles. The Bertz CT molecular complexity index is 1140. The van der Waals surface area contributed by atoms with Gasteiger partial charge in [-0.2, -0.15) is 0 Å². The van der Waals surface area contributed by atoms with E-state index in [4.69, 9.17) is 28.9 Å². The predicted molar refractivity (Wildman–Crippen MR) is 126 cm³/mol. The first kappa shape index (κ1) is 21.8. The summed E-state index contributed by atoms with van der Waals surface area (Å²) in [6.07, 6.45) is 0.659. The maximum absolute atomic E-state index is 12.7. The van der Waals surface area contributed by atoms with Crippen molar-refractivity contribution in [1.82, 2.24) is 4.90 Å². The van der Waals surface area contributed by atoms with Gasteiger partial charge >= 0.3 is 0 Å². The van der Waals surface area contributed by atoms with Crippen molar-refractivity contribution in [3.63, 3.8) is 0 Å². The van der Waals surface area contributed by atoms with Crippen molar-refractivity contribution in [3.8, 4) is 0 Å². The van der Waals surface area contributed by atoms with Crippen LogP contribution in [0.4, 0.5) is 5.00 Å². The molecule has 0 radical (unpaired) electrons. The van der Waals surface area contributed by atoms with Gasteiger partial charge in [-0.1, -0.05) is 47.0 Å². The number of thiophene rings is 1. The number of aryl methyl sites for hydroxylation is 1. The molecule has 0 aliphatic carbocycles. The minimum Gasteiger partial charge on any atom is -0.365 e. The van der Waals surface area contributed by atoms with Gasteiger partial charge in [0.1, 0.15) is 5.00 Å². The van der Waals surface area contributed by atoms with E-state index in [2.05, 4.69) is 10.2 Å². The predicted octanol–water partition coefficient (Wildman–Crippen LogP) is 5.27. The average molecular weight is 474 g/mol. The van der Waals surface area contributed by atoms with Gasteiger partial charge in [-0.3, -0.25) is 14.5 Å². The van der Waals surface area contributed by atoms with Gasteiger partial charge in [-0.25, -0.2) is 0 Å². The molecule has 8 heteroatoms. The summed E-state index contributed by atoms with van der Waals surface area (Å²) in [5.41, 5.74) is 9.49. The Labute approximate surface area is 194 Å². The van der Waals surface area contributed by atoms with Gasteiger partial charge in [0.2, 0.25) is 0 Å². The molecule has 3 N–H and O–H groups in total. The quantitative estimate of drug-likeness (QED) is 0.529. The Kier molecular flexibility index (Phi) is 6.34. The monoisotopic (exact) mass is 473 g/mol. The highest BCUT2D eigenvalue weighted by molar-refractivity contribution is 7.17. The van der Waals surface area contributed by atoms with Gasteiger partial charge in [0.25, 0.3) is 11.8 Å². The van der Waals surface area contributed by atoms with Gasteiger partial charge in [-0.15, -0.1) is 11.3 Å². The lowest BCUT2D eigenvalue weighted by Crippen LogP contribution is -2.30. The Morgan fingerprint density at radius 3 is 2.45 bits per heavy atom. The van der Waals surface area contributed by atoms with Crippen molar-refractivity contribution >= 4 is 51.4 Å². The van der Waals surface area contributed by atoms with Crippen LogP contribution in [0.5, 0.6) is 0 Å². The number of anilines is 1. The number of nitrogens with zero attached hydrogens (tertiary/aromatic N) is 1. The number of carbonyl (C=O) groups is 2. The second kappa shape index (κ2) is 9.01. The molecule has 0 spiro atoms. The number of nitrogens with two attached hydrogens (primary N) is 1. The maximum atomic E-state index is 12.7. The summed E-state index contributed by atoms with van der Waals surface area (Å²) in [5.74, 6) is -0.792. The lowest BCUT2D eigenvalue weighted by molar-refractivity contribution is 0.0999. The van der Waals surface area contributed by atoms with Crippen LogP contribution >= 0.6 is 34.5 Å². The third-order valence-corrected chi connectivity index (χ3v) is 7.21. The van der Waals surface area contributed by atoms with Crippen LogP contribution in [-0.2, 0) is 19.5 Å². The lowest BCUT2D eigenvalue weighted by Gasteiger charge is -2.27. The summed E-state index contributed by atoms with van der Waals surface area (Å²) in [4.78, 5) is 28.1. The van der Waals surface area contributed by atoms with Crippen molar-refractivity contribution in [2.45, 2.75) is 26.4 Å². The number of halogens is 2. The maximum Gasteiger partial charge on any atom is 0.256 e. The minimum absolute atomic E-state index is 0.263. The summed E-state index contributed by atoms with van der Waals surface area (Å²) in [5, 5.41) is 4.65. The zero-order chi connectivity index (χ0) is 22.1. The molecule has 4 rings (SSSR count). The molecule has 2 heterocycles. The highest BCUT2D eigenvalue weighted by atomic mass is 35.5. The Balaban J connectivity index is 1.57. The van der Waals surface area contributed by atoms with E-state index >= 15 is 0 Å². The molecular weight excluding hydrogens is 453 g/mol. The standard InChI is InChI=1S/C23H21Cl2N3O2S/c1-13-5-7-14(8-6-13)22(30)27-23-20(21(26)29)15-9-10-28(12-19(15)31-23)11-16-17(24)3-2-4-18(16)25/h2-8H,9-12H2,1H3,(H2,26,29)(H,27,30). The van der Waals surface area contributed by atoms with Gasteiger partial charge in [0.15, 0.2) is 0 Å². The van der Waals surface area contributed by atoms with E-state index in [0.717, 1.165) is 28.1 Å².